The van der Waals surface area contributed by atoms with Gasteiger partial charge in [-0.1, -0.05) is 76.2 Å². The molecule has 0 bridgehead atoms. The van der Waals surface area contributed by atoms with Crippen LogP contribution in [0.2, 0.25) is 0 Å². The molecular weight excluding hydrogens is 330 g/mol. The largest absolute Gasteiger partial charge is 0.396 e. The van der Waals surface area contributed by atoms with Crippen LogP contribution in [0.15, 0.2) is 0 Å². The molecule has 0 radical (unpaired) electrons. The molecule has 0 saturated carbocycles. The Morgan fingerprint density at radius 3 is 1.64 bits per heavy atom. The number of hydrogen-bond acceptors (Lipinski definition) is 3. The summed E-state index contributed by atoms with van der Waals surface area (Å²) in [6.45, 7) is 23.0. The van der Waals surface area contributed by atoms with Crippen LogP contribution in [0.4, 0.5) is 0 Å². The van der Waals surface area contributed by atoms with Gasteiger partial charge >= 0.3 is 0 Å². The molecule has 0 heterocycles. The van der Waals surface area contributed by atoms with Gasteiger partial charge in [0.25, 0.3) is 0 Å². The van der Waals surface area contributed by atoms with Crippen LogP contribution in [0.3, 0.4) is 0 Å². The number of nitrogens with one attached hydrogen (secondary N) is 1. The van der Waals surface area contributed by atoms with E-state index in [1.807, 2.05) is 81.0 Å². The molecule has 0 aliphatic carbocycles. The number of carbonyl (C=O) groups excluding carboxylic acids is 1. The predicted molar refractivity (Wildman–Crippen MR) is 121 cm³/mol. The van der Waals surface area contributed by atoms with Crippen molar-refractivity contribution in [3.05, 3.63) is 0 Å². The third kappa shape index (κ3) is 21.7. The van der Waals surface area contributed by atoms with Gasteiger partial charge in [0.1, 0.15) is 0 Å². The van der Waals surface area contributed by atoms with Crippen LogP contribution in [0.1, 0.15) is 102 Å². The molecule has 0 fully saturated rings. The minimum Gasteiger partial charge on any atom is -0.396 e. The van der Waals surface area contributed by atoms with E-state index in [2.05, 4.69) is 12.2 Å². The van der Waals surface area contributed by atoms with Crippen molar-refractivity contribution in [1.29, 1.82) is 0 Å². The van der Waals surface area contributed by atoms with E-state index in [1.165, 1.54) is 6.42 Å². The van der Waals surface area contributed by atoms with Crippen LogP contribution < -0.4 is 5.32 Å². The number of aliphatic hydroxyl groups excluding tert-OH is 1. The molecule has 0 spiro atoms. The standard InChI is InChI=1S/C13H27NO2S.4C2H6/c1-4-10-17-11-8-14-12(16)13(5-2,6-3)7-9-15;4*1-2/h15H,4-11H2,1-3H3,(H,14,16);4*1-2H3. The minimum atomic E-state index is -0.371. The maximum atomic E-state index is 12.1. The second-order valence-electron chi connectivity index (χ2n) is 4.33. The van der Waals surface area contributed by atoms with Crippen molar-refractivity contribution in [3.63, 3.8) is 0 Å². The van der Waals surface area contributed by atoms with Crippen molar-refractivity contribution >= 4 is 17.7 Å². The van der Waals surface area contributed by atoms with E-state index in [0.717, 1.165) is 30.9 Å². The molecule has 0 saturated heterocycles. The summed E-state index contributed by atoms with van der Waals surface area (Å²) in [5.41, 5.74) is -0.371. The quantitative estimate of drug-likeness (QED) is 0.422. The van der Waals surface area contributed by atoms with Gasteiger partial charge in [-0.25, -0.2) is 0 Å². The summed E-state index contributed by atoms with van der Waals surface area (Å²) in [6.07, 6.45) is 3.32. The first-order valence-electron chi connectivity index (χ1n) is 10.6. The van der Waals surface area contributed by atoms with Crippen molar-refractivity contribution in [3.8, 4) is 0 Å². The minimum absolute atomic E-state index is 0.0830. The topological polar surface area (TPSA) is 49.3 Å². The first kappa shape index (κ1) is 35.8. The van der Waals surface area contributed by atoms with Crippen LogP contribution in [-0.2, 0) is 4.79 Å². The number of aliphatic hydroxyl groups is 1. The number of rotatable bonds is 10. The van der Waals surface area contributed by atoms with Gasteiger partial charge in [-0.2, -0.15) is 11.8 Å². The zero-order chi connectivity index (χ0) is 21.1. The Bertz CT molecular complexity index is 208. The van der Waals surface area contributed by atoms with Gasteiger partial charge in [-0.05, 0) is 31.4 Å². The van der Waals surface area contributed by atoms with E-state index in [0.29, 0.717) is 6.42 Å². The molecule has 2 N–H and O–H groups in total. The van der Waals surface area contributed by atoms with Crippen molar-refractivity contribution in [2.75, 3.05) is 24.7 Å². The highest BCUT2D eigenvalue weighted by molar-refractivity contribution is 7.99. The summed E-state index contributed by atoms with van der Waals surface area (Å²) in [5, 5.41) is 12.1. The number of amides is 1. The second kappa shape index (κ2) is 35.0. The van der Waals surface area contributed by atoms with Crippen LogP contribution >= 0.6 is 11.8 Å². The molecule has 0 unspecified atom stereocenters. The van der Waals surface area contributed by atoms with Crippen LogP contribution in [0.25, 0.3) is 0 Å². The average molecular weight is 382 g/mol. The molecule has 0 aliphatic rings. The van der Waals surface area contributed by atoms with E-state index >= 15 is 0 Å². The number of carbonyl (C=O) groups is 1. The fourth-order valence-corrected chi connectivity index (χ4v) is 2.66. The first-order valence-corrected chi connectivity index (χ1v) is 11.8. The van der Waals surface area contributed by atoms with E-state index in [1.54, 1.807) is 0 Å². The van der Waals surface area contributed by atoms with E-state index in [4.69, 9.17) is 5.11 Å². The Balaban J connectivity index is -0.000000145. The molecule has 25 heavy (non-hydrogen) atoms. The van der Waals surface area contributed by atoms with Gasteiger partial charge < -0.3 is 10.4 Å². The highest BCUT2D eigenvalue weighted by Gasteiger charge is 2.33. The molecule has 0 aromatic rings. The Morgan fingerprint density at radius 1 is 0.880 bits per heavy atom. The van der Waals surface area contributed by atoms with Crippen molar-refractivity contribution in [1.82, 2.24) is 5.32 Å². The maximum Gasteiger partial charge on any atom is 0.226 e. The monoisotopic (exact) mass is 381 g/mol. The molecule has 0 aromatic carbocycles. The predicted octanol–water partition coefficient (Wildman–Crippen LogP) is 6.54. The summed E-state index contributed by atoms with van der Waals surface area (Å²) in [6, 6.07) is 0. The summed E-state index contributed by atoms with van der Waals surface area (Å²) in [5.74, 6) is 2.23. The van der Waals surface area contributed by atoms with E-state index in [9.17, 15) is 4.79 Å². The number of hydrogen-bond donors (Lipinski definition) is 2. The van der Waals surface area contributed by atoms with Crippen molar-refractivity contribution in [2.24, 2.45) is 5.41 Å². The maximum absolute atomic E-state index is 12.1. The molecule has 158 valence electrons. The summed E-state index contributed by atoms with van der Waals surface area (Å²) in [7, 11) is 0. The highest BCUT2D eigenvalue weighted by Crippen LogP contribution is 2.30. The normalized spacial score (nSPS) is 8.80. The van der Waals surface area contributed by atoms with Gasteiger partial charge in [0.2, 0.25) is 5.91 Å². The third-order valence-electron chi connectivity index (χ3n) is 3.31. The van der Waals surface area contributed by atoms with Gasteiger partial charge in [0.15, 0.2) is 0 Å². The van der Waals surface area contributed by atoms with Crippen LogP contribution in [-0.4, -0.2) is 35.7 Å². The van der Waals surface area contributed by atoms with Gasteiger partial charge in [0.05, 0.1) is 5.41 Å². The van der Waals surface area contributed by atoms with Crippen LogP contribution in [0, 0.1) is 5.41 Å². The lowest BCUT2D eigenvalue weighted by atomic mass is 9.78. The average Bonchev–Trinajstić information content (AvgIpc) is 2.72. The van der Waals surface area contributed by atoms with Crippen molar-refractivity contribution < 1.29 is 9.90 Å². The summed E-state index contributed by atoms with van der Waals surface area (Å²) in [4.78, 5) is 12.1. The smallest absolute Gasteiger partial charge is 0.226 e. The van der Waals surface area contributed by atoms with E-state index in [-0.39, 0.29) is 17.9 Å². The molecule has 1 amide bonds. The second-order valence-corrected chi connectivity index (χ2v) is 5.55. The van der Waals surface area contributed by atoms with Gasteiger partial charge in [0, 0.05) is 18.9 Å². The lowest BCUT2D eigenvalue weighted by Gasteiger charge is -2.29. The van der Waals surface area contributed by atoms with Crippen molar-refractivity contribution in [2.45, 2.75) is 102 Å². The molecule has 0 atom stereocenters. The highest BCUT2D eigenvalue weighted by atomic mass is 32.2. The zero-order valence-electron chi connectivity index (χ0n) is 19.4. The van der Waals surface area contributed by atoms with Gasteiger partial charge in [-0.15, -0.1) is 0 Å². The van der Waals surface area contributed by atoms with Gasteiger partial charge in [-0.3, -0.25) is 4.79 Å². The SMILES string of the molecule is CC.CC.CC.CC.CCCSCCNC(=O)C(CC)(CC)CCO. The Kier molecular flexibility index (Phi) is 50.1. The lowest BCUT2D eigenvalue weighted by Crippen LogP contribution is -2.41. The van der Waals surface area contributed by atoms with Crippen LogP contribution in [0.5, 0.6) is 0 Å². The third-order valence-corrected chi connectivity index (χ3v) is 4.50. The Labute approximate surface area is 165 Å². The van der Waals surface area contributed by atoms with E-state index < -0.39 is 0 Å². The Hall–Kier alpha value is -0.220. The Morgan fingerprint density at radius 2 is 1.32 bits per heavy atom. The molecule has 0 aliphatic heterocycles. The fourth-order valence-electron chi connectivity index (χ4n) is 1.92. The summed E-state index contributed by atoms with van der Waals surface area (Å²) < 4.78 is 0. The molecule has 3 nitrogen and oxygen atoms in total. The molecule has 0 rings (SSSR count). The lowest BCUT2D eigenvalue weighted by molar-refractivity contribution is -0.132. The fraction of sp³-hybridized carbons (Fsp3) is 0.952. The molecular formula is C21H51NO2S. The zero-order valence-corrected chi connectivity index (χ0v) is 20.2. The number of thioether (sulfide) groups is 1. The molecule has 4 heteroatoms. The first-order chi connectivity index (χ1) is 12.2. The molecule has 0 aromatic heterocycles. The summed E-state index contributed by atoms with van der Waals surface area (Å²) >= 11 is 1.87.